The predicted octanol–water partition coefficient (Wildman–Crippen LogP) is 3.58. The number of nitrogens with zero attached hydrogens (tertiary/aromatic N) is 1. The van der Waals surface area contributed by atoms with E-state index in [1.54, 1.807) is 18.2 Å². The molecule has 8 heteroatoms. The number of rotatable bonds is 4. The van der Waals surface area contributed by atoms with E-state index in [0.717, 1.165) is 24.2 Å². The molecule has 0 unspecified atom stereocenters. The lowest BCUT2D eigenvalue weighted by Gasteiger charge is -2.33. The molecule has 0 radical (unpaired) electrons. The molecule has 24 heavy (non-hydrogen) atoms. The Hall–Kier alpha value is -1.41. The van der Waals surface area contributed by atoms with Crippen molar-refractivity contribution in [3.63, 3.8) is 0 Å². The van der Waals surface area contributed by atoms with Crippen molar-refractivity contribution in [2.24, 2.45) is 0 Å². The zero-order valence-corrected chi connectivity index (χ0v) is 15.2. The minimum absolute atomic E-state index is 0.173. The molecule has 1 N–H and O–H groups in total. The summed E-state index contributed by atoms with van der Waals surface area (Å²) in [5.74, 6) is -0.299. The first-order valence-corrected chi connectivity index (χ1v) is 10.2. The average molecular weight is 385 g/mol. The molecule has 1 aromatic carbocycles. The van der Waals surface area contributed by atoms with Gasteiger partial charge in [-0.2, -0.15) is 4.31 Å². The number of hydrogen-bond donors (Lipinski definition) is 1. The van der Waals surface area contributed by atoms with Crippen LogP contribution >= 0.6 is 22.9 Å². The van der Waals surface area contributed by atoms with Gasteiger partial charge in [0, 0.05) is 12.2 Å². The number of para-hydroxylation sites is 1. The Morgan fingerprint density at radius 3 is 2.58 bits per heavy atom. The minimum atomic E-state index is -3.72. The van der Waals surface area contributed by atoms with Gasteiger partial charge in [-0.1, -0.05) is 36.2 Å². The molecule has 1 atom stereocenters. The van der Waals surface area contributed by atoms with Gasteiger partial charge in [0.25, 0.3) is 10.0 Å². The third kappa shape index (κ3) is 3.64. The smallest absolute Gasteiger partial charge is 0.253 e. The van der Waals surface area contributed by atoms with Gasteiger partial charge in [0.15, 0.2) is 0 Å². The van der Waals surface area contributed by atoms with Gasteiger partial charge < -0.3 is 5.32 Å². The second-order valence-electron chi connectivity index (χ2n) is 5.54. The van der Waals surface area contributed by atoms with Crippen LogP contribution in [0.2, 0.25) is 4.34 Å². The molecule has 3 rings (SSSR count). The molecule has 1 fully saturated rings. The van der Waals surface area contributed by atoms with Crippen molar-refractivity contribution in [3.8, 4) is 0 Å². The number of piperidine rings is 1. The molecular formula is C16H17ClN2O3S2. The summed E-state index contributed by atoms with van der Waals surface area (Å²) in [4.78, 5) is 12.6. The maximum absolute atomic E-state index is 12.9. The minimum Gasteiger partial charge on any atom is -0.325 e. The second kappa shape index (κ2) is 7.23. The molecule has 1 aromatic heterocycles. The molecule has 1 saturated heterocycles. The lowest BCUT2D eigenvalue weighted by molar-refractivity contribution is -0.120. The topological polar surface area (TPSA) is 66.5 Å². The van der Waals surface area contributed by atoms with E-state index in [1.165, 1.54) is 10.4 Å². The van der Waals surface area contributed by atoms with Crippen molar-refractivity contribution in [1.29, 1.82) is 0 Å². The van der Waals surface area contributed by atoms with Crippen LogP contribution in [0, 0.1) is 0 Å². The van der Waals surface area contributed by atoms with E-state index in [4.69, 9.17) is 11.6 Å². The van der Waals surface area contributed by atoms with Crippen LogP contribution in [0.1, 0.15) is 19.3 Å². The highest BCUT2D eigenvalue weighted by Crippen LogP contribution is 2.32. The molecule has 128 valence electrons. The van der Waals surface area contributed by atoms with Gasteiger partial charge in [0.2, 0.25) is 5.91 Å². The van der Waals surface area contributed by atoms with Crippen LogP contribution in [0.3, 0.4) is 0 Å². The SMILES string of the molecule is O=C(Nc1ccccc1)[C@@H]1CCCCN1S(=O)(=O)c1ccc(Cl)s1. The summed E-state index contributed by atoms with van der Waals surface area (Å²) >= 11 is 6.88. The number of nitrogens with one attached hydrogen (secondary N) is 1. The van der Waals surface area contributed by atoms with E-state index in [2.05, 4.69) is 5.32 Å². The van der Waals surface area contributed by atoms with Gasteiger partial charge >= 0.3 is 0 Å². The number of carbonyl (C=O) groups is 1. The molecule has 5 nitrogen and oxygen atoms in total. The van der Waals surface area contributed by atoms with Crippen LogP contribution in [-0.2, 0) is 14.8 Å². The van der Waals surface area contributed by atoms with Crippen molar-refractivity contribution in [2.45, 2.75) is 29.5 Å². The third-order valence-corrected chi connectivity index (χ3v) is 7.52. The quantitative estimate of drug-likeness (QED) is 0.876. The number of sulfonamides is 1. The Bertz CT molecular complexity index is 821. The zero-order chi connectivity index (χ0) is 17.2. The number of amides is 1. The van der Waals surface area contributed by atoms with Gasteiger partial charge in [0.05, 0.1) is 4.34 Å². The highest BCUT2D eigenvalue weighted by molar-refractivity contribution is 7.91. The predicted molar refractivity (Wildman–Crippen MR) is 95.9 cm³/mol. The monoisotopic (exact) mass is 384 g/mol. The Morgan fingerprint density at radius 2 is 1.92 bits per heavy atom. The number of halogens is 1. The molecule has 0 aliphatic carbocycles. The van der Waals surface area contributed by atoms with E-state index in [9.17, 15) is 13.2 Å². The highest BCUT2D eigenvalue weighted by Gasteiger charge is 2.38. The molecule has 2 heterocycles. The summed E-state index contributed by atoms with van der Waals surface area (Å²) in [6.07, 6.45) is 2.08. The summed E-state index contributed by atoms with van der Waals surface area (Å²) in [5, 5.41) is 2.80. The fourth-order valence-corrected chi connectivity index (χ4v) is 6.02. The summed E-state index contributed by atoms with van der Waals surface area (Å²) in [6.45, 7) is 0.338. The van der Waals surface area contributed by atoms with Crippen LogP contribution < -0.4 is 5.32 Å². The Balaban J connectivity index is 1.84. The number of benzene rings is 1. The van der Waals surface area contributed by atoms with E-state index in [0.29, 0.717) is 23.0 Å². The van der Waals surface area contributed by atoms with Crippen LogP contribution in [0.15, 0.2) is 46.7 Å². The summed E-state index contributed by atoms with van der Waals surface area (Å²) < 4.78 is 27.6. The van der Waals surface area contributed by atoms with E-state index in [1.807, 2.05) is 18.2 Å². The number of hydrogen-bond acceptors (Lipinski definition) is 4. The number of anilines is 1. The van der Waals surface area contributed by atoms with Crippen molar-refractivity contribution in [3.05, 3.63) is 46.8 Å². The maximum atomic E-state index is 12.9. The zero-order valence-electron chi connectivity index (χ0n) is 12.8. The van der Waals surface area contributed by atoms with Crippen molar-refractivity contribution in [2.75, 3.05) is 11.9 Å². The van der Waals surface area contributed by atoms with Gasteiger partial charge in [-0.15, -0.1) is 11.3 Å². The third-order valence-electron chi connectivity index (χ3n) is 3.91. The van der Waals surface area contributed by atoms with E-state index in [-0.39, 0.29) is 10.1 Å². The number of thiophene rings is 1. The Kier molecular flexibility index (Phi) is 5.24. The molecular weight excluding hydrogens is 368 g/mol. The van der Waals surface area contributed by atoms with E-state index < -0.39 is 16.1 Å². The molecule has 0 bridgehead atoms. The second-order valence-corrected chi connectivity index (χ2v) is 9.37. The highest BCUT2D eigenvalue weighted by atomic mass is 35.5. The lowest BCUT2D eigenvalue weighted by atomic mass is 10.0. The van der Waals surface area contributed by atoms with Crippen LogP contribution in [0.4, 0.5) is 5.69 Å². The van der Waals surface area contributed by atoms with Crippen molar-refractivity contribution < 1.29 is 13.2 Å². The molecule has 1 aliphatic rings. The van der Waals surface area contributed by atoms with Crippen LogP contribution in [0.25, 0.3) is 0 Å². The van der Waals surface area contributed by atoms with E-state index >= 15 is 0 Å². The fourth-order valence-electron chi connectivity index (χ4n) is 2.75. The molecule has 0 spiro atoms. The van der Waals surface area contributed by atoms with Gasteiger partial charge in [-0.05, 0) is 37.1 Å². The fraction of sp³-hybridized carbons (Fsp3) is 0.312. The van der Waals surface area contributed by atoms with Crippen LogP contribution in [-0.4, -0.2) is 31.2 Å². The van der Waals surface area contributed by atoms with Crippen molar-refractivity contribution >= 4 is 44.6 Å². The molecule has 0 saturated carbocycles. The normalized spacial score (nSPS) is 19.1. The summed E-state index contributed by atoms with van der Waals surface area (Å²) in [7, 11) is -3.72. The Labute approximate surface area is 150 Å². The van der Waals surface area contributed by atoms with Crippen LogP contribution in [0.5, 0.6) is 0 Å². The number of carbonyl (C=O) groups excluding carboxylic acids is 1. The van der Waals surface area contributed by atoms with Gasteiger partial charge in [-0.3, -0.25) is 4.79 Å². The van der Waals surface area contributed by atoms with Gasteiger partial charge in [-0.25, -0.2) is 8.42 Å². The maximum Gasteiger partial charge on any atom is 0.253 e. The van der Waals surface area contributed by atoms with Gasteiger partial charge in [0.1, 0.15) is 10.3 Å². The largest absolute Gasteiger partial charge is 0.325 e. The molecule has 1 amide bonds. The van der Waals surface area contributed by atoms with Crippen molar-refractivity contribution in [1.82, 2.24) is 4.31 Å². The molecule has 2 aromatic rings. The lowest BCUT2D eigenvalue weighted by Crippen LogP contribution is -2.49. The first-order chi connectivity index (χ1) is 11.5. The standard InChI is InChI=1S/C16H17ClN2O3S2/c17-14-9-10-15(23-14)24(21,22)19-11-5-4-8-13(19)16(20)18-12-6-2-1-3-7-12/h1-3,6-7,9-10,13H,4-5,8,11H2,(H,18,20)/t13-/m0/s1. The first-order valence-electron chi connectivity index (χ1n) is 7.61. The first kappa shape index (κ1) is 17.4. The molecule has 1 aliphatic heterocycles. The summed E-state index contributed by atoms with van der Waals surface area (Å²) in [6, 6.07) is 11.4. The average Bonchev–Trinajstić information content (AvgIpc) is 3.03. The Morgan fingerprint density at radius 1 is 1.17 bits per heavy atom. The summed E-state index contributed by atoms with van der Waals surface area (Å²) in [5.41, 5.74) is 0.657.